The van der Waals surface area contributed by atoms with Crippen LogP contribution >= 0.6 is 0 Å². The highest BCUT2D eigenvalue weighted by atomic mass is 16.4. The predicted octanol–water partition coefficient (Wildman–Crippen LogP) is 2.63. The number of urea groups is 1. The molecule has 2 amide bonds. The molecule has 2 aromatic rings. The Morgan fingerprint density at radius 2 is 2.07 bits per heavy atom. The van der Waals surface area contributed by atoms with Crippen molar-refractivity contribution < 1.29 is 14.7 Å². The van der Waals surface area contributed by atoms with Crippen LogP contribution in [0.2, 0.25) is 0 Å². The van der Waals surface area contributed by atoms with Crippen LogP contribution in [0.15, 0.2) is 18.3 Å². The van der Waals surface area contributed by atoms with Crippen molar-refractivity contribution in [3.8, 4) is 0 Å². The van der Waals surface area contributed by atoms with E-state index in [1.54, 1.807) is 11.0 Å². The molecule has 1 saturated heterocycles. The Morgan fingerprint density at radius 3 is 2.75 bits per heavy atom. The monoisotopic (exact) mass is 384 g/mol. The molecule has 4 rings (SSSR count). The van der Waals surface area contributed by atoms with Crippen molar-refractivity contribution in [3.63, 3.8) is 0 Å². The van der Waals surface area contributed by atoms with Crippen LogP contribution in [0, 0.1) is 0 Å². The predicted molar refractivity (Wildman–Crippen MR) is 108 cm³/mol. The third kappa shape index (κ3) is 3.03. The molecule has 1 aromatic heterocycles. The average Bonchev–Trinajstić information content (AvgIpc) is 3.07. The summed E-state index contributed by atoms with van der Waals surface area (Å²) in [5.74, 6) is -0.710. The quantitative estimate of drug-likeness (QED) is 0.756. The van der Waals surface area contributed by atoms with E-state index in [1.165, 1.54) is 5.56 Å². The van der Waals surface area contributed by atoms with Crippen molar-refractivity contribution in [1.82, 2.24) is 20.1 Å². The zero-order valence-corrected chi connectivity index (χ0v) is 16.7. The van der Waals surface area contributed by atoms with Crippen molar-refractivity contribution in [1.29, 1.82) is 0 Å². The van der Waals surface area contributed by atoms with E-state index >= 15 is 0 Å². The lowest BCUT2D eigenvalue weighted by Gasteiger charge is -2.46. The molecule has 0 spiro atoms. The number of hydrogen-bond acceptors (Lipinski definition) is 3. The second-order valence-electron chi connectivity index (χ2n) is 7.98. The number of nitrogens with one attached hydrogen (secondary N) is 2. The van der Waals surface area contributed by atoms with E-state index in [-0.39, 0.29) is 18.0 Å². The van der Waals surface area contributed by atoms with Crippen LogP contribution in [0.1, 0.15) is 47.7 Å². The number of amides is 2. The van der Waals surface area contributed by atoms with Gasteiger partial charge >= 0.3 is 12.0 Å². The van der Waals surface area contributed by atoms with Crippen LogP contribution in [0.25, 0.3) is 10.9 Å². The molecule has 2 aliphatic rings. The van der Waals surface area contributed by atoms with Crippen molar-refractivity contribution in [2.24, 2.45) is 0 Å². The minimum Gasteiger partial charge on any atom is -0.478 e. The largest absolute Gasteiger partial charge is 0.478 e. The first-order valence-corrected chi connectivity index (χ1v) is 10.1. The molecule has 7 nitrogen and oxygen atoms in total. The molecular weight excluding hydrogens is 356 g/mol. The van der Waals surface area contributed by atoms with Gasteiger partial charge in [-0.15, -0.1) is 0 Å². The topological polar surface area (TPSA) is 88.7 Å². The van der Waals surface area contributed by atoms with Gasteiger partial charge in [-0.1, -0.05) is 0 Å². The number of benzene rings is 1. The van der Waals surface area contributed by atoms with Gasteiger partial charge in [0.05, 0.1) is 5.56 Å². The van der Waals surface area contributed by atoms with E-state index in [0.717, 1.165) is 35.9 Å². The smallest absolute Gasteiger partial charge is 0.335 e. The van der Waals surface area contributed by atoms with Gasteiger partial charge in [0.1, 0.15) is 0 Å². The molecule has 0 saturated carbocycles. The Kier molecular flexibility index (Phi) is 4.79. The molecule has 1 aromatic carbocycles. The summed E-state index contributed by atoms with van der Waals surface area (Å²) in [6, 6.07) is 3.89. The molecule has 7 heteroatoms. The molecule has 1 aliphatic heterocycles. The van der Waals surface area contributed by atoms with Gasteiger partial charge in [0.25, 0.3) is 0 Å². The number of rotatable bonds is 4. The summed E-state index contributed by atoms with van der Waals surface area (Å²) in [7, 11) is 2.10. The number of nitrogens with zero attached hydrogens (tertiary/aromatic N) is 2. The van der Waals surface area contributed by atoms with Crippen molar-refractivity contribution in [3.05, 3.63) is 35.0 Å². The third-order valence-corrected chi connectivity index (χ3v) is 6.42. The van der Waals surface area contributed by atoms with Gasteiger partial charge in [-0.05, 0) is 57.0 Å². The molecule has 0 radical (unpaired) electrons. The number of piperidine rings is 1. The van der Waals surface area contributed by atoms with Crippen molar-refractivity contribution >= 4 is 22.9 Å². The van der Waals surface area contributed by atoms with Crippen LogP contribution in [0.3, 0.4) is 0 Å². The molecule has 0 bridgehead atoms. The molecule has 2 heterocycles. The Morgan fingerprint density at radius 1 is 1.32 bits per heavy atom. The zero-order valence-electron chi connectivity index (χ0n) is 16.7. The highest BCUT2D eigenvalue weighted by molar-refractivity contribution is 5.97. The number of carbonyl (C=O) groups excluding carboxylic acids is 1. The second-order valence-corrected chi connectivity index (χ2v) is 7.98. The second kappa shape index (κ2) is 7.13. The van der Waals surface area contributed by atoms with E-state index in [2.05, 4.69) is 22.2 Å². The fourth-order valence-electron chi connectivity index (χ4n) is 5.02. The Balaban J connectivity index is 1.67. The van der Waals surface area contributed by atoms with Crippen LogP contribution in [0.4, 0.5) is 4.79 Å². The normalized spacial score (nSPS) is 24.0. The van der Waals surface area contributed by atoms with Crippen LogP contribution < -0.4 is 5.32 Å². The summed E-state index contributed by atoms with van der Waals surface area (Å²) >= 11 is 0. The van der Waals surface area contributed by atoms with Gasteiger partial charge in [-0.3, -0.25) is 0 Å². The van der Waals surface area contributed by atoms with E-state index in [0.29, 0.717) is 24.7 Å². The van der Waals surface area contributed by atoms with Gasteiger partial charge in [-0.25, -0.2) is 9.59 Å². The first kappa shape index (κ1) is 18.8. The van der Waals surface area contributed by atoms with E-state index in [9.17, 15) is 14.7 Å². The molecule has 0 unspecified atom stereocenters. The molecular formula is C21H28N4O3. The highest BCUT2D eigenvalue weighted by Crippen LogP contribution is 2.43. The van der Waals surface area contributed by atoms with Crippen LogP contribution in [-0.4, -0.2) is 70.7 Å². The number of fused-ring (bicyclic) bond motifs is 2. The SMILES string of the molecule is CCN(CC)C(=O)N[C@H]1C[C@@H]2c3cc(C(=O)O)cc4[nH]cc(c34)C[C@H]2N(C)C1. The summed E-state index contributed by atoms with van der Waals surface area (Å²) in [6.45, 7) is 6.13. The van der Waals surface area contributed by atoms with Crippen LogP contribution in [-0.2, 0) is 6.42 Å². The average molecular weight is 384 g/mol. The van der Waals surface area contributed by atoms with E-state index < -0.39 is 5.97 Å². The summed E-state index contributed by atoms with van der Waals surface area (Å²) in [5.41, 5.74) is 3.55. The lowest BCUT2D eigenvalue weighted by Crippen LogP contribution is -2.56. The van der Waals surface area contributed by atoms with Gasteiger partial charge in [0.2, 0.25) is 0 Å². The molecule has 1 fully saturated rings. The standard InChI is InChI=1S/C21H28N4O3/c1-4-25(5-2)21(28)23-14-9-15-16-6-12(20(26)27)7-17-19(16)13(10-22-17)8-18(15)24(3)11-14/h6-7,10,14-15,18,22H,4-5,8-9,11H2,1-3H3,(H,23,28)(H,26,27)/t14-,15+,18+/m0/s1. The van der Waals surface area contributed by atoms with Gasteiger partial charge in [-0.2, -0.15) is 0 Å². The van der Waals surface area contributed by atoms with Crippen LogP contribution in [0.5, 0.6) is 0 Å². The molecule has 1 aliphatic carbocycles. The zero-order chi connectivity index (χ0) is 20.0. The maximum absolute atomic E-state index is 12.5. The van der Waals surface area contributed by atoms with Gasteiger partial charge in [0.15, 0.2) is 0 Å². The van der Waals surface area contributed by atoms with E-state index in [4.69, 9.17) is 0 Å². The number of carbonyl (C=O) groups is 2. The number of carboxylic acids is 1. The number of likely N-dealkylation sites (N-methyl/N-ethyl adjacent to an activating group) is 1. The summed E-state index contributed by atoms with van der Waals surface area (Å²) in [5, 5.41) is 13.9. The number of aromatic amines is 1. The highest BCUT2D eigenvalue weighted by Gasteiger charge is 2.40. The first-order valence-electron chi connectivity index (χ1n) is 10.1. The summed E-state index contributed by atoms with van der Waals surface area (Å²) in [4.78, 5) is 31.5. The molecule has 3 atom stereocenters. The van der Waals surface area contributed by atoms with Crippen molar-refractivity contribution in [2.75, 3.05) is 26.7 Å². The van der Waals surface area contributed by atoms with E-state index in [1.807, 2.05) is 26.1 Å². The van der Waals surface area contributed by atoms with Crippen molar-refractivity contribution in [2.45, 2.75) is 44.7 Å². The van der Waals surface area contributed by atoms with Gasteiger partial charge < -0.3 is 25.2 Å². The minimum absolute atomic E-state index is 0.0237. The Labute approximate surface area is 164 Å². The maximum Gasteiger partial charge on any atom is 0.335 e. The molecule has 3 N–H and O–H groups in total. The Hall–Kier alpha value is -2.54. The minimum atomic E-state index is -0.910. The Bertz CT molecular complexity index is 918. The summed E-state index contributed by atoms with van der Waals surface area (Å²) in [6.07, 6.45) is 3.78. The maximum atomic E-state index is 12.5. The fourth-order valence-corrected chi connectivity index (χ4v) is 5.02. The number of hydrogen-bond donors (Lipinski definition) is 3. The molecule has 150 valence electrons. The lowest BCUT2D eigenvalue weighted by molar-refractivity contribution is 0.0696. The number of aromatic carboxylic acids is 1. The number of aromatic nitrogens is 1. The number of H-pyrrole nitrogens is 1. The van der Waals surface area contributed by atoms with Gasteiger partial charge in [0, 0.05) is 54.7 Å². The third-order valence-electron chi connectivity index (χ3n) is 6.42. The molecule has 28 heavy (non-hydrogen) atoms. The number of carboxylic acid groups (broad SMARTS) is 1. The lowest BCUT2D eigenvalue weighted by atomic mass is 9.73. The fraction of sp³-hybridized carbons (Fsp3) is 0.524. The number of likely N-dealkylation sites (tertiary alicyclic amines) is 1. The first-order chi connectivity index (χ1) is 13.4. The summed E-state index contributed by atoms with van der Waals surface area (Å²) < 4.78 is 0.